The average molecular weight is 354 g/mol. The number of pyridine rings is 1. The molecule has 1 aromatic carbocycles. The van der Waals surface area contributed by atoms with Crippen molar-refractivity contribution < 1.29 is 14.3 Å². The standard InChI is InChI=1S/C20H22N2O4/c1-13-10-16(23)12-20(25)22(13)9-8-19(24)21(3)14(2)18-11-15-6-4-5-7-17(15)26-18/h4-7,10-12,14,23H,8-9H2,1-3H3/t14-/m1/s1. The molecular weight excluding hydrogens is 332 g/mol. The first-order chi connectivity index (χ1) is 12.4. The van der Waals surface area contributed by atoms with Gasteiger partial charge in [-0.3, -0.25) is 9.59 Å². The largest absolute Gasteiger partial charge is 0.508 e. The van der Waals surface area contributed by atoms with Gasteiger partial charge < -0.3 is 19.0 Å². The van der Waals surface area contributed by atoms with E-state index in [-0.39, 0.29) is 36.2 Å². The maximum atomic E-state index is 12.6. The smallest absolute Gasteiger partial charge is 0.254 e. The van der Waals surface area contributed by atoms with Gasteiger partial charge in [0.1, 0.15) is 17.1 Å². The number of hydrogen-bond donors (Lipinski definition) is 1. The fourth-order valence-electron chi connectivity index (χ4n) is 3.00. The van der Waals surface area contributed by atoms with Crippen molar-refractivity contribution in [3.05, 3.63) is 64.3 Å². The Kier molecular flexibility index (Phi) is 4.84. The SMILES string of the molecule is Cc1cc(O)cc(=O)n1CCC(=O)N(C)[C@H](C)c1cc2ccccc2o1. The predicted molar refractivity (Wildman–Crippen MR) is 99.1 cm³/mol. The second-order valence-corrected chi connectivity index (χ2v) is 6.46. The minimum absolute atomic E-state index is 0.0642. The Morgan fingerprint density at radius 1 is 1.27 bits per heavy atom. The molecule has 1 atom stereocenters. The van der Waals surface area contributed by atoms with Gasteiger partial charge in [0.15, 0.2) is 0 Å². The highest BCUT2D eigenvalue weighted by atomic mass is 16.3. The number of aryl methyl sites for hydroxylation is 1. The molecule has 3 aromatic rings. The van der Waals surface area contributed by atoms with Gasteiger partial charge in [-0.2, -0.15) is 0 Å². The minimum atomic E-state index is -0.316. The third kappa shape index (κ3) is 3.49. The summed E-state index contributed by atoms with van der Waals surface area (Å²) in [7, 11) is 1.73. The Morgan fingerprint density at radius 3 is 2.69 bits per heavy atom. The van der Waals surface area contributed by atoms with E-state index in [0.717, 1.165) is 22.8 Å². The fraction of sp³-hybridized carbons (Fsp3) is 0.300. The van der Waals surface area contributed by atoms with Gasteiger partial charge in [-0.15, -0.1) is 0 Å². The number of benzene rings is 1. The minimum Gasteiger partial charge on any atom is -0.508 e. The van der Waals surface area contributed by atoms with Crippen LogP contribution in [0.3, 0.4) is 0 Å². The number of fused-ring (bicyclic) bond motifs is 1. The number of furan rings is 1. The third-order valence-electron chi connectivity index (χ3n) is 4.70. The van der Waals surface area contributed by atoms with Crippen molar-refractivity contribution in [2.45, 2.75) is 32.9 Å². The number of amides is 1. The molecule has 3 rings (SSSR count). The highest BCUT2D eigenvalue weighted by molar-refractivity contribution is 5.79. The molecule has 0 unspecified atom stereocenters. The van der Waals surface area contributed by atoms with Crippen LogP contribution in [0.1, 0.15) is 30.8 Å². The Balaban J connectivity index is 1.70. The topological polar surface area (TPSA) is 75.7 Å². The van der Waals surface area contributed by atoms with Gasteiger partial charge >= 0.3 is 0 Å². The third-order valence-corrected chi connectivity index (χ3v) is 4.70. The number of aromatic nitrogens is 1. The van der Waals surface area contributed by atoms with Crippen molar-refractivity contribution in [3.8, 4) is 5.75 Å². The molecule has 0 aliphatic heterocycles. The van der Waals surface area contributed by atoms with Gasteiger partial charge in [-0.1, -0.05) is 18.2 Å². The van der Waals surface area contributed by atoms with E-state index in [4.69, 9.17) is 4.42 Å². The molecule has 6 nitrogen and oxygen atoms in total. The van der Waals surface area contributed by atoms with Crippen molar-refractivity contribution in [1.29, 1.82) is 0 Å². The van der Waals surface area contributed by atoms with E-state index in [1.54, 1.807) is 18.9 Å². The molecule has 136 valence electrons. The molecule has 0 saturated carbocycles. The lowest BCUT2D eigenvalue weighted by Gasteiger charge is -2.23. The van der Waals surface area contributed by atoms with Crippen LogP contribution in [-0.4, -0.2) is 27.5 Å². The number of para-hydroxylation sites is 1. The van der Waals surface area contributed by atoms with E-state index in [2.05, 4.69) is 0 Å². The van der Waals surface area contributed by atoms with Crippen LogP contribution in [0.25, 0.3) is 11.0 Å². The molecule has 0 saturated heterocycles. The van der Waals surface area contributed by atoms with E-state index in [9.17, 15) is 14.7 Å². The molecule has 0 aliphatic carbocycles. The highest BCUT2D eigenvalue weighted by Gasteiger charge is 2.21. The number of nitrogens with zero attached hydrogens (tertiary/aromatic N) is 2. The maximum absolute atomic E-state index is 12.6. The Morgan fingerprint density at radius 2 is 2.00 bits per heavy atom. The van der Waals surface area contributed by atoms with Crippen molar-refractivity contribution in [3.63, 3.8) is 0 Å². The fourth-order valence-corrected chi connectivity index (χ4v) is 3.00. The van der Waals surface area contributed by atoms with Crippen molar-refractivity contribution in [2.24, 2.45) is 0 Å². The molecule has 0 aliphatic rings. The van der Waals surface area contributed by atoms with Gasteiger partial charge in [-0.05, 0) is 32.0 Å². The summed E-state index contributed by atoms with van der Waals surface area (Å²) in [5, 5.41) is 10.4. The van der Waals surface area contributed by atoms with Crippen LogP contribution in [0.15, 0.2) is 51.7 Å². The van der Waals surface area contributed by atoms with Gasteiger partial charge in [-0.25, -0.2) is 0 Å². The van der Waals surface area contributed by atoms with E-state index < -0.39 is 0 Å². The van der Waals surface area contributed by atoms with Crippen molar-refractivity contribution in [1.82, 2.24) is 9.47 Å². The summed E-state index contributed by atoms with van der Waals surface area (Å²) in [6.07, 6.45) is 0.187. The predicted octanol–water partition coefficient (Wildman–Crippen LogP) is 3.22. The van der Waals surface area contributed by atoms with Crippen LogP contribution in [0.4, 0.5) is 0 Å². The van der Waals surface area contributed by atoms with Crippen LogP contribution in [0.5, 0.6) is 5.75 Å². The zero-order chi connectivity index (χ0) is 18.8. The summed E-state index contributed by atoms with van der Waals surface area (Å²) in [5.74, 6) is 0.572. The molecule has 6 heteroatoms. The second-order valence-electron chi connectivity index (χ2n) is 6.46. The number of aromatic hydroxyl groups is 1. The average Bonchev–Trinajstić information content (AvgIpc) is 3.03. The van der Waals surface area contributed by atoms with Crippen LogP contribution >= 0.6 is 0 Å². The summed E-state index contributed by atoms with van der Waals surface area (Å²) >= 11 is 0. The van der Waals surface area contributed by atoms with Crippen LogP contribution in [-0.2, 0) is 11.3 Å². The van der Waals surface area contributed by atoms with E-state index in [0.29, 0.717) is 5.69 Å². The lowest BCUT2D eigenvalue weighted by Crippen LogP contribution is -2.31. The van der Waals surface area contributed by atoms with E-state index >= 15 is 0 Å². The lowest BCUT2D eigenvalue weighted by atomic mass is 10.2. The van der Waals surface area contributed by atoms with Gasteiger partial charge in [0.25, 0.3) is 5.56 Å². The first-order valence-electron chi connectivity index (χ1n) is 8.51. The molecule has 0 fully saturated rings. The number of carbonyl (C=O) groups excluding carboxylic acids is 1. The molecule has 1 amide bonds. The quantitative estimate of drug-likeness (QED) is 0.763. The van der Waals surface area contributed by atoms with Crippen molar-refractivity contribution in [2.75, 3.05) is 7.05 Å². The number of rotatable bonds is 5. The Hall–Kier alpha value is -3.02. The van der Waals surface area contributed by atoms with Gasteiger partial charge in [0.2, 0.25) is 5.91 Å². The first-order valence-corrected chi connectivity index (χ1v) is 8.51. The summed E-state index contributed by atoms with van der Waals surface area (Å²) in [5.41, 5.74) is 1.10. The zero-order valence-electron chi connectivity index (χ0n) is 15.1. The van der Waals surface area contributed by atoms with E-state index in [1.807, 2.05) is 37.3 Å². The molecule has 0 bridgehead atoms. The van der Waals surface area contributed by atoms with Gasteiger partial charge in [0.05, 0.1) is 6.04 Å². The van der Waals surface area contributed by atoms with Crippen molar-refractivity contribution >= 4 is 16.9 Å². The summed E-state index contributed by atoms with van der Waals surface area (Å²) in [4.78, 5) is 26.1. The summed E-state index contributed by atoms with van der Waals surface area (Å²) < 4.78 is 7.32. The molecule has 2 heterocycles. The Bertz CT molecular complexity index is 969. The molecule has 2 aromatic heterocycles. The van der Waals surface area contributed by atoms with E-state index in [1.165, 1.54) is 10.6 Å². The maximum Gasteiger partial charge on any atom is 0.254 e. The summed E-state index contributed by atoms with van der Waals surface area (Å²) in [6, 6.07) is 12.1. The van der Waals surface area contributed by atoms with Crippen LogP contribution < -0.4 is 5.56 Å². The van der Waals surface area contributed by atoms with Crippen LogP contribution in [0.2, 0.25) is 0 Å². The first kappa shape index (κ1) is 17.8. The molecule has 1 N–H and O–H groups in total. The second kappa shape index (κ2) is 7.07. The normalized spacial score (nSPS) is 12.3. The Labute approximate surface area is 151 Å². The molecule has 0 radical (unpaired) electrons. The number of hydrogen-bond acceptors (Lipinski definition) is 4. The molecule has 0 spiro atoms. The monoisotopic (exact) mass is 354 g/mol. The molecule has 26 heavy (non-hydrogen) atoms. The number of carbonyl (C=O) groups is 1. The van der Waals surface area contributed by atoms with Crippen LogP contribution in [0, 0.1) is 6.92 Å². The zero-order valence-corrected chi connectivity index (χ0v) is 15.1. The highest BCUT2D eigenvalue weighted by Crippen LogP contribution is 2.27. The molecular formula is C20H22N2O4. The lowest BCUT2D eigenvalue weighted by molar-refractivity contribution is -0.132. The summed E-state index contributed by atoms with van der Waals surface area (Å²) in [6.45, 7) is 3.90. The van der Waals surface area contributed by atoms with Gasteiger partial charge in [0, 0.05) is 37.2 Å².